The zero-order valence-corrected chi connectivity index (χ0v) is 20.8. The van der Waals surface area contributed by atoms with Crippen molar-refractivity contribution in [2.24, 2.45) is 5.10 Å². The Morgan fingerprint density at radius 2 is 1.76 bits per heavy atom. The van der Waals surface area contributed by atoms with E-state index in [1.165, 1.54) is 25.5 Å². The third-order valence-electron chi connectivity index (χ3n) is 4.61. The van der Waals surface area contributed by atoms with Gasteiger partial charge in [0.15, 0.2) is 0 Å². The Balaban J connectivity index is 1.81. The van der Waals surface area contributed by atoms with Crippen molar-refractivity contribution in [1.82, 2.24) is 9.73 Å². The van der Waals surface area contributed by atoms with E-state index in [9.17, 15) is 13.2 Å². The van der Waals surface area contributed by atoms with Gasteiger partial charge in [0.1, 0.15) is 5.75 Å². The molecule has 3 rings (SSSR count). The molecule has 0 bridgehead atoms. The van der Waals surface area contributed by atoms with E-state index in [1.807, 2.05) is 12.1 Å². The van der Waals surface area contributed by atoms with Crippen LogP contribution in [0.5, 0.6) is 5.75 Å². The number of sulfonamides is 1. The summed E-state index contributed by atoms with van der Waals surface area (Å²) in [7, 11) is -2.46. The van der Waals surface area contributed by atoms with Crippen LogP contribution in [0.2, 0.25) is 5.02 Å². The molecule has 0 aromatic heterocycles. The van der Waals surface area contributed by atoms with Crippen LogP contribution in [-0.4, -0.2) is 38.5 Å². The van der Waals surface area contributed by atoms with Crippen molar-refractivity contribution in [1.29, 1.82) is 0 Å². The van der Waals surface area contributed by atoms with Gasteiger partial charge in [0.25, 0.3) is 5.91 Å². The van der Waals surface area contributed by atoms with Crippen molar-refractivity contribution in [3.63, 3.8) is 0 Å². The van der Waals surface area contributed by atoms with Crippen molar-refractivity contribution in [2.45, 2.75) is 11.4 Å². The third-order valence-corrected chi connectivity index (χ3v) is 7.31. The average Bonchev–Trinajstić information content (AvgIpc) is 2.80. The summed E-state index contributed by atoms with van der Waals surface area (Å²) in [6.07, 6.45) is 1.43. The number of benzene rings is 3. The monoisotopic (exact) mass is 549 g/mol. The van der Waals surface area contributed by atoms with Crippen LogP contribution >= 0.6 is 27.5 Å². The van der Waals surface area contributed by atoms with E-state index >= 15 is 0 Å². The van der Waals surface area contributed by atoms with Gasteiger partial charge in [0.2, 0.25) is 10.0 Å². The van der Waals surface area contributed by atoms with Crippen LogP contribution < -0.4 is 10.2 Å². The third kappa shape index (κ3) is 6.64. The maximum absolute atomic E-state index is 13.3. The first-order valence-electron chi connectivity index (χ1n) is 9.75. The molecule has 172 valence electrons. The average molecular weight is 551 g/mol. The van der Waals surface area contributed by atoms with Crippen LogP contribution in [-0.2, 0) is 21.4 Å². The molecule has 0 aliphatic carbocycles. The molecule has 0 unspecified atom stereocenters. The van der Waals surface area contributed by atoms with Crippen LogP contribution in [0.25, 0.3) is 0 Å². The summed E-state index contributed by atoms with van der Waals surface area (Å²) in [4.78, 5) is 12.7. The van der Waals surface area contributed by atoms with Crippen LogP contribution in [0.4, 0.5) is 0 Å². The smallest absolute Gasteiger partial charge is 0.255 e. The Labute approximate surface area is 206 Å². The topological polar surface area (TPSA) is 88.1 Å². The number of ether oxygens (including phenoxy) is 1. The first kappa shape index (κ1) is 24.9. The van der Waals surface area contributed by atoms with E-state index in [0.29, 0.717) is 21.9 Å². The fourth-order valence-corrected chi connectivity index (χ4v) is 4.77. The highest BCUT2D eigenvalue weighted by Crippen LogP contribution is 2.23. The zero-order chi connectivity index (χ0) is 23.8. The minimum atomic E-state index is -3.99. The Morgan fingerprint density at radius 3 is 2.45 bits per heavy atom. The number of carbonyl (C=O) groups excluding carboxylic acids is 1. The van der Waals surface area contributed by atoms with Gasteiger partial charge < -0.3 is 4.74 Å². The second-order valence-corrected chi connectivity index (χ2v) is 10.1. The molecule has 10 heteroatoms. The van der Waals surface area contributed by atoms with Gasteiger partial charge >= 0.3 is 0 Å². The summed E-state index contributed by atoms with van der Waals surface area (Å²) in [6, 6.07) is 20.2. The van der Waals surface area contributed by atoms with Crippen molar-refractivity contribution in [3.05, 3.63) is 93.4 Å². The molecule has 33 heavy (non-hydrogen) atoms. The van der Waals surface area contributed by atoms with Crippen LogP contribution in [0.15, 0.2) is 87.3 Å². The molecule has 0 aliphatic heterocycles. The Kier molecular flexibility index (Phi) is 8.62. The number of nitrogens with zero attached hydrogens (tertiary/aromatic N) is 2. The zero-order valence-electron chi connectivity index (χ0n) is 17.6. The number of para-hydroxylation sites is 1. The molecule has 0 fully saturated rings. The number of hydrogen-bond donors (Lipinski definition) is 1. The number of nitrogens with one attached hydrogen (secondary N) is 1. The van der Waals surface area contributed by atoms with Gasteiger partial charge in [-0.15, -0.1) is 0 Å². The maximum atomic E-state index is 13.3. The highest BCUT2D eigenvalue weighted by molar-refractivity contribution is 9.10. The lowest BCUT2D eigenvalue weighted by atomic mass is 10.2. The van der Waals surface area contributed by atoms with E-state index in [2.05, 4.69) is 26.5 Å². The predicted octanol–water partition coefficient (Wildman–Crippen LogP) is 4.45. The summed E-state index contributed by atoms with van der Waals surface area (Å²) in [6.45, 7) is -0.533. The second-order valence-electron chi connectivity index (χ2n) is 6.85. The number of rotatable bonds is 9. The molecule has 0 heterocycles. The fraction of sp³-hybridized carbons (Fsp3) is 0.130. The van der Waals surface area contributed by atoms with Gasteiger partial charge in [-0.2, -0.15) is 9.41 Å². The molecule has 0 saturated heterocycles. The molecule has 0 aliphatic rings. The number of hydrazone groups is 1. The van der Waals surface area contributed by atoms with E-state index in [4.69, 9.17) is 16.3 Å². The van der Waals surface area contributed by atoms with Crippen molar-refractivity contribution in [2.75, 3.05) is 13.7 Å². The first-order chi connectivity index (χ1) is 15.8. The highest BCUT2D eigenvalue weighted by atomic mass is 79.9. The van der Waals surface area contributed by atoms with Gasteiger partial charge in [-0.25, -0.2) is 13.8 Å². The summed E-state index contributed by atoms with van der Waals surface area (Å²) < 4.78 is 33.7. The van der Waals surface area contributed by atoms with E-state index in [0.717, 1.165) is 8.78 Å². The molecule has 1 amide bonds. The lowest BCUT2D eigenvalue weighted by Crippen LogP contribution is -2.39. The maximum Gasteiger partial charge on any atom is 0.255 e. The van der Waals surface area contributed by atoms with Crippen molar-refractivity contribution < 1.29 is 17.9 Å². The molecule has 0 saturated carbocycles. The van der Waals surface area contributed by atoms with Crippen molar-refractivity contribution in [3.8, 4) is 5.75 Å². The molecule has 1 N–H and O–H groups in total. The molecule has 0 spiro atoms. The van der Waals surface area contributed by atoms with E-state index in [-0.39, 0.29) is 11.4 Å². The minimum absolute atomic E-state index is 0.0584. The van der Waals surface area contributed by atoms with Crippen LogP contribution in [0, 0.1) is 0 Å². The largest absolute Gasteiger partial charge is 0.496 e. The minimum Gasteiger partial charge on any atom is -0.496 e. The lowest BCUT2D eigenvalue weighted by Gasteiger charge is -2.22. The normalized spacial score (nSPS) is 11.6. The van der Waals surface area contributed by atoms with Crippen LogP contribution in [0.1, 0.15) is 11.1 Å². The second kappa shape index (κ2) is 11.4. The number of amides is 1. The van der Waals surface area contributed by atoms with Crippen molar-refractivity contribution >= 4 is 49.7 Å². The fourth-order valence-electron chi connectivity index (χ4n) is 2.94. The van der Waals surface area contributed by atoms with Gasteiger partial charge in [-0.1, -0.05) is 57.9 Å². The highest BCUT2D eigenvalue weighted by Gasteiger charge is 2.27. The Bertz CT molecular complexity index is 1250. The first-order valence-corrected chi connectivity index (χ1v) is 12.4. The summed E-state index contributed by atoms with van der Waals surface area (Å²) >= 11 is 9.53. The number of carbonyl (C=O) groups is 1. The van der Waals surface area contributed by atoms with Crippen LogP contribution in [0.3, 0.4) is 0 Å². The lowest BCUT2D eigenvalue weighted by molar-refractivity contribution is -0.121. The molecular weight excluding hydrogens is 530 g/mol. The quantitative estimate of drug-likeness (QED) is 0.315. The Hall–Kier alpha value is -2.72. The number of hydrogen-bond acceptors (Lipinski definition) is 5. The van der Waals surface area contributed by atoms with E-state index < -0.39 is 22.5 Å². The SMILES string of the molecule is COc1ccccc1/C=N/NC(=O)CN(Cc1ccccc1Cl)S(=O)(=O)c1ccc(Br)cc1. The number of halogens is 2. The van der Waals surface area contributed by atoms with Gasteiger partial charge in [0.05, 0.1) is 24.8 Å². The molecule has 3 aromatic rings. The summed E-state index contributed by atoms with van der Waals surface area (Å²) in [5.74, 6) is -0.0115. The summed E-state index contributed by atoms with van der Waals surface area (Å²) in [5.41, 5.74) is 3.61. The summed E-state index contributed by atoms with van der Waals surface area (Å²) in [5, 5.41) is 4.34. The molecule has 3 aromatic carbocycles. The number of methoxy groups -OCH3 is 1. The molecular formula is C23H21BrClN3O4S. The molecule has 7 nitrogen and oxygen atoms in total. The molecule has 0 radical (unpaired) electrons. The predicted molar refractivity (Wildman–Crippen MR) is 132 cm³/mol. The van der Waals surface area contributed by atoms with Gasteiger partial charge in [-0.05, 0) is 48.0 Å². The van der Waals surface area contributed by atoms with Gasteiger partial charge in [0, 0.05) is 21.6 Å². The molecule has 0 atom stereocenters. The van der Waals surface area contributed by atoms with E-state index in [1.54, 1.807) is 48.5 Å². The Morgan fingerprint density at radius 1 is 1.09 bits per heavy atom. The standard InChI is InChI=1S/C23H21BrClN3O4S/c1-32-22-9-5-3-6-17(22)14-26-27-23(29)16-28(15-18-7-2-4-8-21(18)25)33(30,31)20-12-10-19(24)11-13-20/h2-14H,15-16H2,1H3,(H,27,29)/b26-14+. The van der Waals surface area contributed by atoms with Gasteiger partial charge in [-0.3, -0.25) is 4.79 Å².